The molecular weight excluding hydrogens is 306 g/mol. The van der Waals surface area contributed by atoms with Crippen LogP contribution in [-0.2, 0) is 21.6 Å². The third kappa shape index (κ3) is 4.00. The number of carboxylic acids is 1. The first-order chi connectivity index (χ1) is 11.3. The van der Waals surface area contributed by atoms with E-state index in [9.17, 15) is 14.7 Å². The van der Waals surface area contributed by atoms with Crippen molar-refractivity contribution >= 4 is 17.6 Å². The summed E-state index contributed by atoms with van der Waals surface area (Å²) in [5.74, 6) is -1.11. The first kappa shape index (κ1) is 17.7. The second-order valence-corrected chi connectivity index (χ2v) is 6.09. The van der Waals surface area contributed by atoms with Crippen molar-refractivity contribution in [1.82, 2.24) is 0 Å². The van der Waals surface area contributed by atoms with Gasteiger partial charge in [-0.25, -0.2) is 0 Å². The van der Waals surface area contributed by atoms with Crippen LogP contribution in [0.4, 0.5) is 5.69 Å². The quantitative estimate of drug-likeness (QED) is 0.852. The predicted octanol–water partition coefficient (Wildman–Crippen LogP) is 3.45. The van der Waals surface area contributed by atoms with E-state index < -0.39 is 11.4 Å². The molecule has 0 aromatic heterocycles. The molecule has 0 bridgehead atoms. The fourth-order valence-electron chi connectivity index (χ4n) is 2.22. The average Bonchev–Trinajstić information content (AvgIpc) is 2.56. The summed E-state index contributed by atoms with van der Waals surface area (Å²) in [6, 6.07) is 14.0. The SMILES string of the molecule is COCc1ccc(C(=O)Nc2ccc(C(C)(C)C(=O)O)cc2)cc1. The molecule has 5 nitrogen and oxygen atoms in total. The van der Waals surface area contributed by atoms with Crippen LogP contribution >= 0.6 is 0 Å². The number of benzene rings is 2. The van der Waals surface area contributed by atoms with Gasteiger partial charge in [0.05, 0.1) is 12.0 Å². The number of ether oxygens (including phenoxy) is 1. The Morgan fingerprint density at radius 2 is 1.62 bits per heavy atom. The highest BCUT2D eigenvalue weighted by molar-refractivity contribution is 6.04. The molecule has 126 valence electrons. The van der Waals surface area contributed by atoms with Crippen molar-refractivity contribution in [2.75, 3.05) is 12.4 Å². The lowest BCUT2D eigenvalue weighted by atomic mass is 9.85. The van der Waals surface area contributed by atoms with Crippen molar-refractivity contribution in [3.63, 3.8) is 0 Å². The van der Waals surface area contributed by atoms with E-state index in [0.29, 0.717) is 23.4 Å². The third-order valence-corrected chi connectivity index (χ3v) is 3.93. The molecule has 24 heavy (non-hydrogen) atoms. The summed E-state index contributed by atoms with van der Waals surface area (Å²) in [6.07, 6.45) is 0. The van der Waals surface area contributed by atoms with Gasteiger partial charge in [0.2, 0.25) is 0 Å². The van der Waals surface area contributed by atoms with E-state index in [4.69, 9.17) is 4.74 Å². The predicted molar refractivity (Wildman–Crippen MR) is 92.2 cm³/mol. The summed E-state index contributed by atoms with van der Waals surface area (Å²) in [6.45, 7) is 3.79. The van der Waals surface area contributed by atoms with Gasteiger partial charge in [-0.3, -0.25) is 9.59 Å². The second-order valence-electron chi connectivity index (χ2n) is 6.09. The molecule has 0 saturated carbocycles. The molecule has 0 aliphatic rings. The summed E-state index contributed by atoms with van der Waals surface area (Å²) >= 11 is 0. The number of aliphatic carboxylic acids is 1. The number of carbonyl (C=O) groups is 2. The number of anilines is 1. The highest BCUT2D eigenvalue weighted by Gasteiger charge is 2.29. The summed E-state index contributed by atoms with van der Waals surface area (Å²) in [4.78, 5) is 23.5. The van der Waals surface area contributed by atoms with Crippen molar-refractivity contribution < 1.29 is 19.4 Å². The first-order valence-corrected chi connectivity index (χ1v) is 7.58. The van der Waals surface area contributed by atoms with Crippen LogP contribution in [0.5, 0.6) is 0 Å². The number of methoxy groups -OCH3 is 1. The number of carboxylic acid groups (broad SMARTS) is 1. The summed E-state index contributed by atoms with van der Waals surface area (Å²) in [5, 5.41) is 12.0. The molecule has 0 radical (unpaired) electrons. The third-order valence-electron chi connectivity index (χ3n) is 3.93. The Hall–Kier alpha value is -2.66. The van der Waals surface area contributed by atoms with E-state index >= 15 is 0 Å². The molecule has 2 rings (SSSR count). The van der Waals surface area contributed by atoms with E-state index in [2.05, 4.69) is 5.32 Å². The van der Waals surface area contributed by atoms with Crippen molar-refractivity contribution in [2.24, 2.45) is 0 Å². The fraction of sp³-hybridized carbons (Fsp3) is 0.263. The molecule has 2 aromatic carbocycles. The number of nitrogens with one attached hydrogen (secondary N) is 1. The molecule has 0 saturated heterocycles. The van der Waals surface area contributed by atoms with Gasteiger partial charge in [0, 0.05) is 18.4 Å². The van der Waals surface area contributed by atoms with E-state index in [1.54, 1.807) is 57.4 Å². The number of rotatable bonds is 6. The van der Waals surface area contributed by atoms with Crippen molar-refractivity contribution in [3.05, 3.63) is 65.2 Å². The molecular formula is C19H21NO4. The Morgan fingerprint density at radius 3 is 2.12 bits per heavy atom. The monoisotopic (exact) mass is 327 g/mol. The summed E-state index contributed by atoms with van der Waals surface area (Å²) in [7, 11) is 1.62. The number of carbonyl (C=O) groups excluding carboxylic acids is 1. The van der Waals surface area contributed by atoms with E-state index in [1.165, 1.54) is 0 Å². The van der Waals surface area contributed by atoms with Gasteiger partial charge in [-0.2, -0.15) is 0 Å². The minimum absolute atomic E-state index is 0.218. The van der Waals surface area contributed by atoms with Crippen molar-refractivity contribution in [2.45, 2.75) is 25.9 Å². The van der Waals surface area contributed by atoms with E-state index in [1.807, 2.05) is 12.1 Å². The number of hydrogen-bond donors (Lipinski definition) is 2. The second kappa shape index (κ2) is 7.27. The molecule has 0 spiro atoms. The maximum Gasteiger partial charge on any atom is 0.313 e. The zero-order valence-corrected chi connectivity index (χ0v) is 14.0. The van der Waals surface area contributed by atoms with Gasteiger partial charge < -0.3 is 15.2 Å². The van der Waals surface area contributed by atoms with E-state index in [0.717, 1.165) is 5.56 Å². The normalized spacial score (nSPS) is 11.1. The minimum atomic E-state index is -0.973. The molecule has 0 heterocycles. The molecule has 0 atom stereocenters. The number of hydrogen-bond acceptors (Lipinski definition) is 3. The van der Waals surface area contributed by atoms with Crippen LogP contribution in [0.15, 0.2) is 48.5 Å². The Balaban J connectivity index is 2.08. The highest BCUT2D eigenvalue weighted by atomic mass is 16.5. The van der Waals surface area contributed by atoms with Crippen LogP contribution in [0.2, 0.25) is 0 Å². The summed E-state index contributed by atoms with van der Waals surface area (Å²) in [5.41, 5.74) is 1.86. The largest absolute Gasteiger partial charge is 0.481 e. The van der Waals surface area contributed by atoms with Gasteiger partial charge in [0.15, 0.2) is 0 Å². The molecule has 0 aliphatic carbocycles. The Morgan fingerprint density at radius 1 is 1.04 bits per heavy atom. The molecule has 5 heteroatoms. The van der Waals surface area contributed by atoms with E-state index in [-0.39, 0.29) is 5.91 Å². The van der Waals surface area contributed by atoms with Crippen molar-refractivity contribution in [1.29, 1.82) is 0 Å². The maximum atomic E-state index is 12.2. The zero-order valence-electron chi connectivity index (χ0n) is 14.0. The Labute approximate surface area is 141 Å². The molecule has 0 aliphatic heterocycles. The van der Waals surface area contributed by atoms with Crippen LogP contribution in [-0.4, -0.2) is 24.1 Å². The maximum absolute atomic E-state index is 12.2. The van der Waals surface area contributed by atoms with Gasteiger partial charge in [-0.1, -0.05) is 24.3 Å². The molecule has 2 N–H and O–H groups in total. The Kier molecular flexibility index (Phi) is 5.36. The standard InChI is InChI=1S/C19H21NO4/c1-19(2,18(22)23)15-8-10-16(11-9-15)20-17(21)14-6-4-13(5-7-14)12-24-3/h4-11H,12H2,1-3H3,(H,20,21)(H,22,23). The molecule has 1 amide bonds. The summed E-state index contributed by atoms with van der Waals surface area (Å²) < 4.78 is 5.04. The van der Waals surface area contributed by atoms with Gasteiger partial charge in [-0.15, -0.1) is 0 Å². The average molecular weight is 327 g/mol. The number of amides is 1. The van der Waals surface area contributed by atoms with Crippen LogP contribution < -0.4 is 5.32 Å². The minimum Gasteiger partial charge on any atom is -0.481 e. The van der Waals surface area contributed by atoms with Gasteiger partial charge in [0.1, 0.15) is 0 Å². The lowest BCUT2D eigenvalue weighted by Gasteiger charge is -2.19. The highest BCUT2D eigenvalue weighted by Crippen LogP contribution is 2.25. The van der Waals surface area contributed by atoms with Crippen LogP contribution in [0.1, 0.15) is 35.3 Å². The first-order valence-electron chi connectivity index (χ1n) is 7.58. The zero-order chi connectivity index (χ0) is 17.7. The molecule has 0 unspecified atom stereocenters. The lowest BCUT2D eigenvalue weighted by molar-refractivity contribution is -0.142. The van der Waals surface area contributed by atoms with Gasteiger partial charge in [0.25, 0.3) is 5.91 Å². The Bertz CT molecular complexity index is 718. The molecule has 0 fully saturated rings. The lowest BCUT2D eigenvalue weighted by Crippen LogP contribution is -2.28. The molecule has 2 aromatic rings. The topological polar surface area (TPSA) is 75.6 Å². The van der Waals surface area contributed by atoms with Crippen molar-refractivity contribution in [3.8, 4) is 0 Å². The fourth-order valence-corrected chi connectivity index (χ4v) is 2.22. The van der Waals surface area contributed by atoms with Crippen LogP contribution in [0, 0.1) is 0 Å². The van der Waals surface area contributed by atoms with Crippen LogP contribution in [0.25, 0.3) is 0 Å². The van der Waals surface area contributed by atoms with Gasteiger partial charge in [-0.05, 0) is 49.2 Å². The smallest absolute Gasteiger partial charge is 0.313 e. The van der Waals surface area contributed by atoms with Crippen LogP contribution in [0.3, 0.4) is 0 Å². The van der Waals surface area contributed by atoms with Gasteiger partial charge >= 0.3 is 5.97 Å².